The minimum atomic E-state index is -0.795. The molecule has 0 N–H and O–H groups in total. The number of esters is 2. The Morgan fingerprint density at radius 1 is 1.19 bits per heavy atom. The predicted octanol–water partition coefficient (Wildman–Crippen LogP) is 2.67. The maximum atomic E-state index is 14.3. The van der Waals surface area contributed by atoms with E-state index in [1.807, 2.05) is 0 Å². The van der Waals surface area contributed by atoms with E-state index in [1.165, 1.54) is 31.3 Å². The van der Waals surface area contributed by atoms with E-state index in [-0.39, 0.29) is 40.3 Å². The first kappa shape index (κ1) is 18.7. The van der Waals surface area contributed by atoms with Gasteiger partial charge in [0.05, 0.1) is 6.61 Å². The van der Waals surface area contributed by atoms with Crippen LogP contribution in [0.1, 0.15) is 32.6 Å². The van der Waals surface area contributed by atoms with Crippen molar-refractivity contribution in [2.45, 2.75) is 13.5 Å². The first-order valence-corrected chi connectivity index (χ1v) is 8.82. The largest absolute Gasteiger partial charge is 0.462 e. The third-order valence-corrected chi connectivity index (χ3v) is 4.92. The molecule has 0 bridgehead atoms. The molecule has 0 saturated heterocycles. The molecule has 140 valence electrons. The molecule has 0 unspecified atom stereocenters. The Morgan fingerprint density at radius 2 is 1.96 bits per heavy atom. The molecule has 2 aromatic heterocycles. The van der Waals surface area contributed by atoms with E-state index in [9.17, 15) is 18.8 Å². The summed E-state index contributed by atoms with van der Waals surface area (Å²) in [6.07, 6.45) is 0. The van der Waals surface area contributed by atoms with E-state index in [0.29, 0.717) is 4.70 Å². The monoisotopic (exact) mass is 390 g/mol. The normalized spacial score (nSPS) is 10.8. The Labute approximate surface area is 156 Å². The maximum Gasteiger partial charge on any atom is 0.359 e. The van der Waals surface area contributed by atoms with Crippen LogP contribution in [0.3, 0.4) is 0 Å². The molecule has 0 radical (unpaired) electrons. The molecule has 2 heterocycles. The molecule has 0 fully saturated rings. The second-order valence-electron chi connectivity index (χ2n) is 5.50. The number of thiophene rings is 1. The number of fused-ring (bicyclic) bond motifs is 1. The van der Waals surface area contributed by atoms with Crippen molar-refractivity contribution in [2.24, 2.45) is 7.05 Å². The van der Waals surface area contributed by atoms with Gasteiger partial charge in [0.2, 0.25) is 0 Å². The zero-order valence-corrected chi connectivity index (χ0v) is 15.3. The van der Waals surface area contributed by atoms with Gasteiger partial charge in [0.1, 0.15) is 17.3 Å². The molecule has 0 aliphatic heterocycles. The highest BCUT2D eigenvalue weighted by molar-refractivity contribution is 7.21. The minimum Gasteiger partial charge on any atom is -0.462 e. The number of carbonyl (C=O) groups excluding carboxylic acids is 2. The highest BCUT2D eigenvalue weighted by Crippen LogP contribution is 2.34. The van der Waals surface area contributed by atoms with Gasteiger partial charge in [-0.25, -0.2) is 18.7 Å². The third kappa shape index (κ3) is 3.72. The van der Waals surface area contributed by atoms with Crippen LogP contribution in [-0.4, -0.2) is 28.3 Å². The standard InChI is InChI=1S/C18H15FN2O5S/c1-3-25-18(24)16-10(15-11(19)5-4-6-13(15)27-16)9-26-17(23)12-7-8-14(22)21(2)20-12/h4-8H,3,9H2,1-2H3. The molecule has 1 aromatic carbocycles. The molecule has 0 aliphatic carbocycles. The number of carbonyl (C=O) groups is 2. The van der Waals surface area contributed by atoms with Crippen LogP contribution in [0.4, 0.5) is 4.39 Å². The van der Waals surface area contributed by atoms with Crippen molar-refractivity contribution in [3.63, 3.8) is 0 Å². The van der Waals surface area contributed by atoms with Crippen LogP contribution in [0.5, 0.6) is 0 Å². The molecule has 0 atom stereocenters. The number of halogens is 1. The van der Waals surface area contributed by atoms with Gasteiger partial charge in [0.25, 0.3) is 5.56 Å². The van der Waals surface area contributed by atoms with Crippen LogP contribution in [0.15, 0.2) is 35.1 Å². The predicted molar refractivity (Wildman–Crippen MR) is 96.3 cm³/mol. The van der Waals surface area contributed by atoms with Crippen molar-refractivity contribution >= 4 is 33.4 Å². The molecule has 0 aliphatic rings. The fraction of sp³-hybridized carbons (Fsp3) is 0.222. The summed E-state index contributed by atoms with van der Waals surface area (Å²) in [7, 11) is 1.40. The lowest BCUT2D eigenvalue weighted by Gasteiger charge is -2.07. The first-order chi connectivity index (χ1) is 12.9. The Bertz CT molecular complexity index is 1090. The molecule has 27 heavy (non-hydrogen) atoms. The molecular formula is C18H15FN2O5S. The van der Waals surface area contributed by atoms with Gasteiger partial charge in [-0.05, 0) is 25.1 Å². The second-order valence-corrected chi connectivity index (χ2v) is 6.55. The average Bonchev–Trinajstić information content (AvgIpc) is 3.02. The minimum absolute atomic E-state index is 0.0743. The molecule has 0 saturated carbocycles. The first-order valence-electron chi connectivity index (χ1n) is 8.00. The smallest absolute Gasteiger partial charge is 0.359 e. The Hall–Kier alpha value is -3.07. The second kappa shape index (κ2) is 7.67. The van der Waals surface area contributed by atoms with Crippen molar-refractivity contribution in [1.82, 2.24) is 9.78 Å². The summed E-state index contributed by atoms with van der Waals surface area (Å²) >= 11 is 1.07. The number of rotatable bonds is 5. The summed E-state index contributed by atoms with van der Waals surface area (Å²) < 4.78 is 26.1. The molecular weight excluding hydrogens is 375 g/mol. The zero-order chi connectivity index (χ0) is 19.6. The average molecular weight is 390 g/mol. The molecule has 9 heteroatoms. The van der Waals surface area contributed by atoms with Gasteiger partial charge < -0.3 is 9.47 Å². The van der Waals surface area contributed by atoms with Gasteiger partial charge in [-0.1, -0.05) is 6.07 Å². The summed E-state index contributed by atoms with van der Waals surface area (Å²) in [4.78, 5) is 36.0. The summed E-state index contributed by atoms with van der Waals surface area (Å²) in [5.74, 6) is -1.92. The van der Waals surface area contributed by atoms with Crippen molar-refractivity contribution in [3.8, 4) is 0 Å². The number of ether oxygens (including phenoxy) is 2. The SMILES string of the molecule is CCOC(=O)c1sc2cccc(F)c2c1COC(=O)c1ccc(=O)n(C)n1. The molecule has 7 nitrogen and oxygen atoms in total. The van der Waals surface area contributed by atoms with Crippen LogP contribution >= 0.6 is 11.3 Å². The number of hydrogen-bond donors (Lipinski definition) is 0. The van der Waals surface area contributed by atoms with Crippen LogP contribution in [0.25, 0.3) is 10.1 Å². The summed E-state index contributed by atoms with van der Waals surface area (Å²) in [5, 5.41) is 4.02. The van der Waals surface area contributed by atoms with Crippen LogP contribution in [0.2, 0.25) is 0 Å². The van der Waals surface area contributed by atoms with Crippen molar-refractivity contribution in [1.29, 1.82) is 0 Å². The van der Waals surface area contributed by atoms with Crippen LogP contribution in [0, 0.1) is 5.82 Å². The van der Waals surface area contributed by atoms with Gasteiger partial charge in [0.15, 0.2) is 5.69 Å². The lowest BCUT2D eigenvalue weighted by Crippen LogP contribution is -2.22. The van der Waals surface area contributed by atoms with Crippen LogP contribution < -0.4 is 5.56 Å². The Balaban J connectivity index is 1.94. The lowest BCUT2D eigenvalue weighted by molar-refractivity contribution is 0.0446. The topological polar surface area (TPSA) is 87.5 Å². The molecule has 3 aromatic rings. The van der Waals surface area contributed by atoms with E-state index >= 15 is 0 Å². The summed E-state index contributed by atoms with van der Waals surface area (Å²) in [5.41, 5.74) is -0.207. The highest BCUT2D eigenvalue weighted by Gasteiger charge is 2.23. The van der Waals surface area contributed by atoms with Gasteiger partial charge in [-0.2, -0.15) is 5.10 Å². The highest BCUT2D eigenvalue weighted by atomic mass is 32.1. The van der Waals surface area contributed by atoms with Gasteiger partial charge >= 0.3 is 11.9 Å². The molecule has 0 spiro atoms. The Morgan fingerprint density at radius 3 is 2.67 bits per heavy atom. The number of aromatic nitrogens is 2. The number of nitrogens with zero attached hydrogens (tertiary/aromatic N) is 2. The third-order valence-electron chi connectivity index (χ3n) is 3.74. The molecule has 3 rings (SSSR count). The van der Waals surface area contributed by atoms with Gasteiger partial charge in [-0.3, -0.25) is 4.79 Å². The summed E-state index contributed by atoms with van der Waals surface area (Å²) in [6, 6.07) is 6.90. The Kier molecular flexibility index (Phi) is 5.31. The molecule has 0 amide bonds. The van der Waals surface area contributed by atoms with E-state index in [2.05, 4.69) is 5.10 Å². The quantitative estimate of drug-likeness (QED) is 0.623. The van der Waals surface area contributed by atoms with E-state index in [4.69, 9.17) is 9.47 Å². The van der Waals surface area contributed by atoms with E-state index in [1.54, 1.807) is 13.0 Å². The van der Waals surface area contributed by atoms with Crippen molar-refractivity contribution in [2.75, 3.05) is 6.61 Å². The maximum absolute atomic E-state index is 14.3. The summed E-state index contributed by atoms with van der Waals surface area (Å²) in [6.45, 7) is 1.49. The number of benzene rings is 1. The lowest BCUT2D eigenvalue weighted by atomic mass is 10.1. The number of hydrogen-bond acceptors (Lipinski definition) is 7. The van der Waals surface area contributed by atoms with E-state index in [0.717, 1.165) is 16.0 Å². The van der Waals surface area contributed by atoms with Crippen molar-refractivity contribution in [3.05, 3.63) is 62.6 Å². The van der Waals surface area contributed by atoms with Gasteiger partial charge in [0, 0.05) is 28.8 Å². The van der Waals surface area contributed by atoms with Crippen LogP contribution in [-0.2, 0) is 23.1 Å². The van der Waals surface area contributed by atoms with Gasteiger partial charge in [-0.15, -0.1) is 11.3 Å². The number of aryl methyl sites for hydroxylation is 1. The van der Waals surface area contributed by atoms with E-state index < -0.39 is 17.8 Å². The fourth-order valence-corrected chi connectivity index (χ4v) is 3.61. The fourth-order valence-electron chi connectivity index (χ4n) is 2.49. The zero-order valence-electron chi connectivity index (χ0n) is 14.5. The van der Waals surface area contributed by atoms with Crippen molar-refractivity contribution < 1.29 is 23.5 Å².